The van der Waals surface area contributed by atoms with E-state index in [9.17, 15) is 4.79 Å². The number of carbonyl (C=O) groups excluding carboxylic acids is 1. The van der Waals surface area contributed by atoms with Gasteiger partial charge < -0.3 is 4.90 Å². The van der Waals surface area contributed by atoms with Crippen LogP contribution in [-0.2, 0) is 4.79 Å². The topological polar surface area (TPSA) is 20.3 Å². The molecule has 0 aromatic heterocycles. The zero-order valence-electron chi connectivity index (χ0n) is 7.05. The molecule has 0 spiro atoms. The van der Waals surface area contributed by atoms with Crippen LogP contribution in [0.25, 0.3) is 0 Å². The lowest BCUT2D eigenvalue weighted by molar-refractivity contribution is -0.131. The van der Waals surface area contributed by atoms with E-state index in [0.717, 1.165) is 0 Å². The predicted octanol–water partition coefficient (Wildman–Crippen LogP) is 1.47. The molecule has 1 amide bonds. The molecule has 0 aliphatic rings. The lowest BCUT2D eigenvalue weighted by atomic mass is 10.2. The van der Waals surface area contributed by atoms with Gasteiger partial charge in [0.05, 0.1) is 0 Å². The van der Waals surface area contributed by atoms with Gasteiger partial charge in [0.25, 0.3) is 0 Å². The molecular formula is C8H16NO. The summed E-state index contributed by atoms with van der Waals surface area (Å²) in [5, 5.41) is 0. The third-order valence-electron chi connectivity index (χ3n) is 1.56. The fourth-order valence-electron chi connectivity index (χ4n) is 0.616. The summed E-state index contributed by atoms with van der Waals surface area (Å²) in [5.41, 5.74) is 0. The minimum absolute atomic E-state index is 0.185. The maximum Gasteiger partial charge on any atom is 0.222 e. The van der Waals surface area contributed by atoms with Crippen LogP contribution < -0.4 is 0 Å². The van der Waals surface area contributed by atoms with Gasteiger partial charge in [-0.05, 0) is 20.3 Å². The second kappa shape index (κ2) is 4.31. The summed E-state index contributed by atoms with van der Waals surface area (Å²) >= 11 is 0. The molecule has 0 aromatic carbocycles. The van der Waals surface area contributed by atoms with E-state index < -0.39 is 0 Å². The summed E-state index contributed by atoms with van der Waals surface area (Å²) < 4.78 is 0. The van der Waals surface area contributed by atoms with E-state index in [1.807, 2.05) is 20.9 Å². The lowest BCUT2D eigenvalue weighted by Gasteiger charge is -2.20. The Balaban J connectivity index is 3.71. The molecular weight excluding hydrogens is 126 g/mol. The third-order valence-corrected chi connectivity index (χ3v) is 1.56. The number of hydrogen-bond acceptors (Lipinski definition) is 1. The number of rotatable bonds is 3. The molecule has 59 valence electrons. The fourth-order valence-corrected chi connectivity index (χ4v) is 0.616. The minimum atomic E-state index is 0.185. The number of carbonyl (C=O) groups is 1. The van der Waals surface area contributed by atoms with E-state index in [1.54, 1.807) is 4.90 Å². The van der Waals surface area contributed by atoms with Crippen LogP contribution in [0, 0.1) is 6.92 Å². The first kappa shape index (κ1) is 9.47. The highest BCUT2D eigenvalue weighted by molar-refractivity contribution is 5.76. The zero-order chi connectivity index (χ0) is 8.15. The Morgan fingerprint density at radius 3 is 2.40 bits per heavy atom. The van der Waals surface area contributed by atoms with Crippen LogP contribution in [0.5, 0.6) is 0 Å². The van der Waals surface area contributed by atoms with Gasteiger partial charge in [0.15, 0.2) is 0 Å². The largest absolute Gasteiger partial charge is 0.343 e. The minimum Gasteiger partial charge on any atom is -0.343 e. The van der Waals surface area contributed by atoms with Crippen molar-refractivity contribution in [3.05, 3.63) is 6.92 Å². The highest BCUT2D eigenvalue weighted by Gasteiger charge is 2.09. The molecule has 2 nitrogen and oxygen atoms in total. The summed E-state index contributed by atoms with van der Waals surface area (Å²) in [6.45, 7) is 7.62. The van der Waals surface area contributed by atoms with Crippen LogP contribution in [0.2, 0.25) is 0 Å². The monoisotopic (exact) mass is 142 g/mol. The van der Waals surface area contributed by atoms with E-state index >= 15 is 0 Å². The van der Waals surface area contributed by atoms with E-state index in [2.05, 4.69) is 6.92 Å². The molecule has 0 aliphatic heterocycles. The molecule has 0 bridgehead atoms. The summed E-state index contributed by atoms with van der Waals surface area (Å²) in [5.74, 6) is 0.185. The van der Waals surface area contributed by atoms with Gasteiger partial charge >= 0.3 is 0 Å². The number of amides is 1. The van der Waals surface area contributed by atoms with Gasteiger partial charge in [-0.2, -0.15) is 0 Å². The molecule has 0 saturated heterocycles. The first-order chi connectivity index (χ1) is 4.59. The van der Waals surface area contributed by atoms with Crippen LogP contribution in [0.1, 0.15) is 26.7 Å². The zero-order valence-corrected chi connectivity index (χ0v) is 7.05. The maximum atomic E-state index is 11.1. The Bertz CT molecular complexity index is 110. The second-order valence-electron chi connectivity index (χ2n) is 2.70. The molecule has 0 aromatic rings. The van der Waals surface area contributed by atoms with Crippen molar-refractivity contribution in [3.63, 3.8) is 0 Å². The Morgan fingerprint density at radius 2 is 2.10 bits per heavy atom. The Labute approximate surface area is 63.2 Å². The van der Waals surface area contributed by atoms with Crippen molar-refractivity contribution in [3.8, 4) is 0 Å². The molecule has 0 heterocycles. The summed E-state index contributed by atoms with van der Waals surface area (Å²) in [6, 6.07) is 0.305. The van der Waals surface area contributed by atoms with E-state index in [0.29, 0.717) is 18.9 Å². The Kier molecular flexibility index (Phi) is 4.08. The number of hydrogen-bond donors (Lipinski definition) is 0. The SMILES string of the molecule is [CH2]CCC(=O)N(C)C(C)C. The third kappa shape index (κ3) is 2.85. The van der Waals surface area contributed by atoms with Crippen molar-refractivity contribution >= 4 is 5.91 Å². The number of nitrogens with zero attached hydrogens (tertiary/aromatic N) is 1. The molecule has 2 heteroatoms. The molecule has 0 aliphatic carbocycles. The molecule has 0 rings (SSSR count). The van der Waals surface area contributed by atoms with E-state index in [-0.39, 0.29) is 5.91 Å². The molecule has 1 radical (unpaired) electrons. The van der Waals surface area contributed by atoms with Crippen LogP contribution in [0.15, 0.2) is 0 Å². The first-order valence-electron chi connectivity index (χ1n) is 3.64. The van der Waals surface area contributed by atoms with E-state index in [1.165, 1.54) is 0 Å². The maximum absolute atomic E-state index is 11.1. The predicted molar refractivity (Wildman–Crippen MR) is 42.5 cm³/mol. The van der Waals surface area contributed by atoms with Crippen molar-refractivity contribution in [1.29, 1.82) is 0 Å². The van der Waals surface area contributed by atoms with Gasteiger partial charge in [0.2, 0.25) is 5.91 Å². The lowest BCUT2D eigenvalue weighted by Crippen LogP contribution is -2.32. The van der Waals surface area contributed by atoms with Crippen molar-refractivity contribution in [1.82, 2.24) is 4.90 Å². The van der Waals surface area contributed by atoms with E-state index in [4.69, 9.17) is 0 Å². The summed E-state index contributed by atoms with van der Waals surface area (Å²) in [7, 11) is 1.82. The molecule has 0 atom stereocenters. The molecule has 0 unspecified atom stereocenters. The fraction of sp³-hybridized carbons (Fsp3) is 0.750. The molecule has 0 N–H and O–H groups in total. The highest BCUT2D eigenvalue weighted by atomic mass is 16.2. The van der Waals surface area contributed by atoms with Crippen molar-refractivity contribution < 1.29 is 4.79 Å². The van der Waals surface area contributed by atoms with Gasteiger partial charge in [-0.15, -0.1) is 0 Å². The summed E-state index contributed by atoms with van der Waals surface area (Å²) in [6.07, 6.45) is 1.25. The highest BCUT2D eigenvalue weighted by Crippen LogP contribution is 1.98. The quantitative estimate of drug-likeness (QED) is 0.584. The smallest absolute Gasteiger partial charge is 0.222 e. The molecule has 10 heavy (non-hydrogen) atoms. The second-order valence-corrected chi connectivity index (χ2v) is 2.70. The van der Waals surface area contributed by atoms with Gasteiger partial charge in [0, 0.05) is 19.5 Å². The van der Waals surface area contributed by atoms with Crippen LogP contribution in [0.3, 0.4) is 0 Å². The van der Waals surface area contributed by atoms with Crippen molar-refractivity contribution in [2.45, 2.75) is 32.7 Å². The Morgan fingerprint density at radius 1 is 1.60 bits per heavy atom. The van der Waals surface area contributed by atoms with Gasteiger partial charge in [0.1, 0.15) is 0 Å². The average Bonchev–Trinajstić information content (AvgIpc) is 1.87. The van der Waals surface area contributed by atoms with Gasteiger partial charge in [-0.1, -0.05) is 6.92 Å². The van der Waals surface area contributed by atoms with Gasteiger partial charge in [-0.25, -0.2) is 0 Å². The molecule has 0 saturated carbocycles. The van der Waals surface area contributed by atoms with Crippen LogP contribution >= 0.6 is 0 Å². The van der Waals surface area contributed by atoms with Gasteiger partial charge in [-0.3, -0.25) is 4.79 Å². The first-order valence-corrected chi connectivity index (χ1v) is 3.64. The summed E-state index contributed by atoms with van der Waals surface area (Å²) in [4.78, 5) is 12.8. The normalized spacial score (nSPS) is 10.1. The van der Waals surface area contributed by atoms with Crippen molar-refractivity contribution in [2.24, 2.45) is 0 Å². The molecule has 0 fully saturated rings. The van der Waals surface area contributed by atoms with Crippen LogP contribution in [0.4, 0.5) is 0 Å². The average molecular weight is 142 g/mol. The Hall–Kier alpha value is -0.530. The standard InChI is InChI=1S/C8H16NO/c1-5-6-8(10)9(4)7(2)3/h7H,1,5-6H2,2-4H3. The van der Waals surface area contributed by atoms with Crippen molar-refractivity contribution in [2.75, 3.05) is 7.05 Å². The van der Waals surface area contributed by atoms with Crippen LogP contribution in [-0.4, -0.2) is 23.9 Å².